The summed E-state index contributed by atoms with van der Waals surface area (Å²) < 4.78 is 5.17. The first-order valence-corrected chi connectivity index (χ1v) is 5.29. The van der Waals surface area contributed by atoms with Gasteiger partial charge in [0.2, 0.25) is 0 Å². The third-order valence-electron chi connectivity index (χ3n) is 2.56. The van der Waals surface area contributed by atoms with E-state index in [1.54, 1.807) is 0 Å². The Morgan fingerprint density at radius 2 is 2.35 bits per heavy atom. The zero-order valence-electron chi connectivity index (χ0n) is 9.66. The van der Waals surface area contributed by atoms with Crippen molar-refractivity contribution in [3.8, 4) is 12.3 Å². The zero-order chi connectivity index (χ0) is 12.9. The number of carbonyl (C=O) groups is 2. The van der Waals surface area contributed by atoms with Crippen LogP contribution in [0.5, 0.6) is 0 Å². The maximum Gasteiger partial charge on any atom is 0.327 e. The van der Waals surface area contributed by atoms with Crippen LogP contribution in [-0.4, -0.2) is 41.9 Å². The standard InChI is InChI=1S/C11H16N2O4/c1-3-4-8(9(14)15)12-10(16)13-11(2)5-6-17-7-11/h1,8H,4-7H2,2H3,(H,14,15)(H2,12,13,16). The molecule has 2 unspecified atom stereocenters. The number of aliphatic carboxylic acids is 1. The van der Waals surface area contributed by atoms with Crippen molar-refractivity contribution < 1.29 is 19.4 Å². The molecule has 0 aromatic heterocycles. The van der Waals surface area contributed by atoms with E-state index < -0.39 is 23.6 Å². The van der Waals surface area contributed by atoms with Gasteiger partial charge < -0.3 is 20.5 Å². The van der Waals surface area contributed by atoms with E-state index in [1.807, 2.05) is 6.92 Å². The van der Waals surface area contributed by atoms with Crippen molar-refractivity contribution in [1.82, 2.24) is 10.6 Å². The molecule has 2 amide bonds. The van der Waals surface area contributed by atoms with Gasteiger partial charge >= 0.3 is 12.0 Å². The number of urea groups is 1. The van der Waals surface area contributed by atoms with E-state index in [4.69, 9.17) is 16.3 Å². The van der Waals surface area contributed by atoms with Crippen LogP contribution in [0.3, 0.4) is 0 Å². The highest BCUT2D eigenvalue weighted by Gasteiger charge is 2.32. The summed E-state index contributed by atoms with van der Waals surface area (Å²) in [5.41, 5.74) is -0.441. The van der Waals surface area contributed by atoms with Gasteiger partial charge in [0.25, 0.3) is 0 Å². The number of carbonyl (C=O) groups excluding carboxylic acids is 1. The number of hydrogen-bond acceptors (Lipinski definition) is 3. The van der Waals surface area contributed by atoms with Gasteiger partial charge in [-0.1, -0.05) is 0 Å². The minimum atomic E-state index is -1.15. The fraction of sp³-hybridized carbons (Fsp3) is 0.636. The third kappa shape index (κ3) is 3.96. The Balaban J connectivity index is 2.47. The van der Waals surface area contributed by atoms with Crippen LogP contribution >= 0.6 is 0 Å². The molecular weight excluding hydrogens is 224 g/mol. The van der Waals surface area contributed by atoms with Gasteiger partial charge in [-0.2, -0.15) is 0 Å². The summed E-state index contributed by atoms with van der Waals surface area (Å²) in [7, 11) is 0. The van der Waals surface area contributed by atoms with Gasteiger partial charge in [0.05, 0.1) is 12.1 Å². The molecule has 0 radical (unpaired) electrons. The average Bonchev–Trinajstić information content (AvgIpc) is 2.63. The summed E-state index contributed by atoms with van der Waals surface area (Å²) in [5.74, 6) is 1.06. The maximum absolute atomic E-state index is 11.6. The summed E-state index contributed by atoms with van der Waals surface area (Å²) in [5, 5.41) is 13.8. The number of amides is 2. The monoisotopic (exact) mass is 240 g/mol. The van der Waals surface area contributed by atoms with Crippen molar-refractivity contribution in [2.75, 3.05) is 13.2 Å². The molecule has 0 bridgehead atoms. The fourth-order valence-corrected chi connectivity index (χ4v) is 1.55. The first kappa shape index (κ1) is 13.3. The molecule has 2 atom stereocenters. The van der Waals surface area contributed by atoms with Crippen LogP contribution in [0.15, 0.2) is 0 Å². The number of terminal acetylenes is 1. The second-order valence-corrected chi connectivity index (χ2v) is 4.26. The van der Waals surface area contributed by atoms with Gasteiger partial charge in [0, 0.05) is 13.0 Å². The first-order valence-electron chi connectivity index (χ1n) is 5.29. The van der Waals surface area contributed by atoms with Crippen LogP contribution in [-0.2, 0) is 9.53 Å². The first-order chi connectivity index (χ1) is 7.97. The van der Waals surface area contributed by atoms with Crippen LogP contribution in [0.4, 0.5) is 4.79 Å². The Morgan fingerprint density at radius 3 is 2.82 bits per heavy atom. The highest BCUT2D eigenvalue weighted by Crippen LogP contribution is 2.17. The maximum atomic E-state index is 11.6. The van der Waals surface area contributed by atoms with E-state index in [-0.39, 0.29) is 6.42 Å². The summed E-state index contributed by atoms with van der Waals surface area (Å²) in [6.45, 7) is 2.85. The molecule has 0 aliphatic carbocycles. The molecule has 1 aliphatic rings. The molecule has 1 aliphatic heterocycles. The molecule has 3 N–H and O–H groups in total. The van der Waals surface area contributed by atoms with Crippen molar-refractivity contribution in [2.24, 2.45) is 0 Å². The smallest absolute Gasteiger partial charge is 0.327 e. The van der Waals surface area contributed by atoms with Crippen LogP contribution in [0.25, 0.3) is 0 Å². The molecule has 1 fully saturated rings. The second-order valence-electron chi connectivity index (χ2n) is 4.26. The predicted octanol–water partition coefficient (Wildman–Crippen LogP) is -0.0589. The van der Waals surface area contributed by atoms with E-state index in [0.29, 0.717) is 19.6 Å². The molecule has 17 heavy (non-hydrogen) atoms. The Bertz CT molecular complexity index is 342. The van der Waals surface area contributed by atoms with Gasteiger partial charge in [-0.3, -0.25) is 0 Å². The molecule has 0 saturated carbocycles. The predicted molar refractivity (Wildman–Crippen MR) is 60.4 cm³/mol. The summed E-state index contributed by atoms with van der Waals surface area (Å²) >= 11 is 0. The van der Waals surface area contributed by atoms with Crippen molar-refractivity contribution in [2.45, 2.75) is 31.3 Å². The lowest BCUT2D eigenvalue weighted by Gasteiger charge is -2.24. The van der Waals surface area contributed by atoms with Crippen molar-refractivity contribution >= 4 is 12.0 Å². The number of carboxylic acid groups (broad SMARTS) is 1. The molecule has 6 heteroatoms. The Morgan fingerprint density at radius 1 is 1.65 bits per heavy atom. The van der Waals surface area contributed by atoms with E-state index in [2.05, 4.69) is 16.6 Å². The van der Waals surface area contributed by atoms with Crippen molar-refractivity contribution in [3.05, 3.63) is 0 Å². The lowest BCUT2D eigenvalue weighted by atomic mass is 10.0. The largest absolute Gasteiger partial charge is 0.480 e. The normalized spacial score (nSPS) is 24.7. The molecule has 1 rings (SSSR count). The Hall–Kier alpha value is -1.74. The summed E-state index contributed by atoms with van der Waals surface area (Å²) in [4.78, 5) is 22.4. The second kappa shape index (κ2) is 5.55. The Kier molecular flexibility index (Phi) is 4.35. The molecule has 6 nitrogen and oxygen atoms in total. The highest BCUT2D eigenvalue weighted by atomic mass is 16.5. The van der Waals surface area contributed by atoms with E-state index in [9.17, 15) is 9.59 Å². The number of hydrogen-bond donors (Lipinski definition) is 3. The SMILES string of the molecule is C#CCC(NC(=O)NC1(C)CCOC1)C(=O)O. The third-order valence-corrected chi connectivity index (χ3v) is 2.56. The lowest BCUT2D eigenvalue weighted by molar-refractivity contribution is -0.139. The van der Waals surface area contributed by atoms with Crippen molar-refractivity contribution in [3.63, 3.8) is 0 Å². The molecule has 0 aromatic carbocycles. The minimum absolute atomic E-state index is 0.0457. The van der Waals surface area contributed by atoms with Gasteiger partial charge in [-0.15, -0.1) is 12.3 Å². The van der Waals surface area contributed by atoms with Crippen LogP contribution in [0.1, 0.15) is 19.8 Å². The quantitative estimate of drug-likeness (QED) is 0.601. The van der Waals surface area contributed by atoms with Crippen molar-refractivity contribution in [1.29, 1.82) is 0 Å². The van der Waals surface area contributed by atoms with Gasteiger partial charge in [-0.25, -0.2) is 9.59 Å². The summed E-state index contributed by atoms with van der Waals surface area (Å²) in [6.07, 6.45) is 5.68. The van der Waals surface area contributed by atoms with E-state index in [1.165, 1.54) is 0 Å². The van der Waals surface area contributed by atoms with E-state index in [0.717, 1.165) is 0 Å². The lowest BCUT2D eigenvalue weighted by Crippen LogP contribution is -2.54. The topological polar surface area (TPSA) is 87.7 Å². The van der Waals surface area contributed by atoms with Gasteiger partial charge in [0.15, 0.2) is 0 Å². The molecule has 1 saturated heterocycles. The fourth-order valence-electron chi connectivity index (χ4n) is 1.55. The molecule has 1 heterocycles. The highest BCUT2D eigenvalue weighted by molar-refractivity contribution is 5.83. The number of ether oxygens (including phenoxy) is 1. The Labute approximate surface area is 99.7 Å². The molecule has 94 valence electrons. The molecular formula is C11H16N2O4. The number of nitrogens with one attached hydrogen (secondary N) is 2. The minimum Gasteiger partial charge on any atom is -0.480 e. The molecule has 0 spiro atoms. The molecule has 0 aromatic rings. The van der Waals surface area contributed by atoms with Gasteiger partial charge in [0.1, 0.15) is 6.04 Å². The van der Waals surface area contributed by atoms with E-state index >= 15 is 0 Å². The average molecular weight is 240 g/mol. The van der Waals surface area contributed by atoms with Crippen LogP contribution < -0.4 is 10.6 Å². The van der Waals surface area contributed by atoms with Gasteiger partial charge in [-0.05, 0) is 13.3 Å². The number of carboxylic acids is 1. The summed E-state index contributed by atoms with van der Waals surface area (Å²) in [6, 6.07) is -1.61. The van der Waals surface area contributed by atoms with Crippen LogP contribution in [0, 0.1) is 12.3 Å². The number of rotatable bonds is 4. The zero-order valence-corrected chi connectivity index (χ0v) is 9.66. The van der Waals surface area contributed by atoms with Crippen LogP contribution in [0.2, 0.25) is 0 Å².